The van der Waals surface area contributed by atoms with Crippen molar-refractivity contribution in [2.75, 3.05) is 18.4 Å². The Morgan fingerprint density at radius 1 is 0.966 bits per heavy atom. The number of nitrogens with two attached hydrogens (primary N) is 2. The Hall–Kier alpha value is -2.74. The van der Waals surface area contributed by atoms with Gasteiger partial charge in [0, 0.05) is 5.69 Å². The average Bonchev–Trinajstić information content (AvgIpc) is 2.77. The number of hydrogen-bond donors (Lipinski definition) is 5. The summed E-state index contributed by atoms with van der Waals surface area (Å²) < 4.78 is 0. The van der Waals surface area contributed by atoms with Gasteiger partial charge in [-0.2, -0.15) is 0 Å². The summed E-state index contributed by atoms with van der Waals surface area (Å²) in [5.41, 5.74) is 10.4. The van der Waals surface area contributed by atoms with Gasteiger partial charge >= 0.3 is 0 Å². The van der Waals surface area contributed by atoms with E-state index in [0.717, 1.165) is 24.9 Å². The molecule has 0 aliphatic heterocycles. The number of carbonyl (C=O) groups is 2. The van der Waals surface area contributed by atoms with Gasteiger partial charge in [-0.15, -0.1) is 0 Å². The van der Waals surface area contributed by atoms with Gasteiger partial charge in [0.05, 0.1) is 6.54 Å². The van der Waals surface area contributed by atoms with E-state index in [0.29, 0.717) is 12.1 Å². The standard InChI is InChI=1S/C19H24N4O2.C3H9N/c1-2-14-8-10-16(11-9-14)22-18(24)13-21-19(25)17(23-20)12-15-6-4-3-5-7-15;1-2-3-4/h3-11,17,23H,2,12-13,20H2,1H3,(H,21,25)(H,22,24);2-4H2,1H3. The lowest BCUT2D eigenvalue weighted by atomic mass is 10.1. The molecule has 7 N–H and O–H groups in total. The molecule has 2 amide bonds. The lowest BCUT2D eigenvalue weighted by Gasteiger charge is -2.16. The Kier molecular flexibility index (Phi) is 12.0. The Morgan fingerprint density at radius 2 is 1.59 bits per heavy atom. The molecule has 0 spiro atoms. The van der Waals surface area contributed by atoms with Gasteiger partial charge in [0.15, 0.2) is 0 Å². The second-order valence-electron chi connectivity index (χ2n) is 6.51. The van der Waals surface area contributed by atoms with Crippen molar-refractivity contribution in [1.29, 1.82) is 0 Å². The number of anilines is 1. The second kappa shape index (κ2) is 14.3. The third-order valence-electron chi connectivity index (χ3n) is 4.16. The molecule has 7 heteroatoms. The van der Waals surface area contributed by atoms with Crippen LogP contribution < -0.4 is 27.6 Å². The van der Waals surface area contributed by atoms with Gasteiger partial charge in [-0.05, 0) is 49.1 Å². The Labute approximate surface area is 173 Å². The molecular formula is C22H33N5O2. The fraction of sp³-hybridized carbons (Fsp3) is 0.364. The van der Waals surface area contributed by atoms with Crippen LogP contribution >= 0.6 is 0 Å². The minimum absolute atomic E-state index is 0.110. The van der Waals surface area contributed by atoms with Gasteiger partial charge in [-0.1, -0.05) is 56.3 Å². The number of rotatable bonds is 9. The Balaban J connectivity index is 0.000000960. The van der Waals surface area contributed by atoms with Crippen LogP contribution in [0.1, 0.15) is 31.4 Å². The monoisotopic (exact) mass is 399 g/mol. The zero-order valence-electron chi connectivity index (χ0n) is 17.3. The lowest BCUT2D eigenvalue weighted by molar-refractivity contribution is -0.125. The number of carbonyl (C=O) groups excluding carboxylic acids is 2. The molecule has 1 atom stereocenters. The van der Waals surface area contributed by atoms with Crippen LogP contribution in [0, 0.1) is 0 Å². The minimum Gasteiger partial charge on any atom is -0.346 e. The second-order valence-corrected chi connectivity index (χ2v) is 6.51. The summed E-state index contributed by atoms with van der Waals surface area (Å²) in [6.45, 7) is 4.84. The maximum atomic E-state index is 12.2. The van der Waals surface area contributed by atoms with Crippen LogP contribution in [0.3, 0.4) is 0 Å². The Morgan fingerprint density at radius 3 is 2.10 bits per heavy atom. The highest BCUT2D eigenvalue weighted by Gasteiger charge is 2.17. The summed E-state index contributed by atoms with van der Waals surface area (Å²) in [6, 6.07) is 16.6. The fourth-order valence-electron chi connectivity index (χ4n) is 2.40. The maximum absolute atomic E-state index is 12.2. The van der Waals surface area contributed by atoms with Crippen molar-refractivity contribution in [2.24, 2.45) is 11.6 Å². The van der Waals surface area contributed by atoms with Gasteiger partial charge in [0.25, 0.3) is 0 Å². The number of amides is 2. The van der Waals surface area contributed by atoms with E-state index in [1.54, 1.807) is 0 Å². The molecule has 0 aliphatic carbocycles. The summed E-state index contributed by atoms with van der Waals surface area (Å²) in [5, 5.41) is 5.35. The summed E-state index contributed by atoms with van der Waals surface area (Å²) in [4.78, 5) is 24.1. The predicted octanol–water partition coefficient (Wildman–Crippen LogP) is 1.73. The van der Waals surface area contributed by atoms with Gasteiger partial charge < -0.3 is 16.4 Å². The fourth-order valence-corrected chi connectivity index (χ4v) is 2.40. The molecule has 0 aliphatic rings. The number of benzene rings is 2. The highest BCUT2D eigenvalue weighted by Crippen LogP contribution is 2.09. The topological polar surface area (TPSA) is 122 Å². The van der Waals surface area contributed by atoms with E-state index in [-0.39, 0.29) is 18.4 Å². The van der Waals surface area contributed by atoms with Crippen LogP contribution in [-0.2, 0) is 22.4 Å². The molecule has 2 aromatic rings. The predicted molar refractivity (Wildman–Crippen MR) is 118 cm³/mol. The van der Waals surface area contributed by atoms with E-state index in [4.69, 9.17) is 11.6 Å². The first kappa shape index (κ1) is 24.3. The van der Waals surface area contributed by atoms with Gasteiger partial charge in [0.2, 0.25) is 11.8 Å². The maximum Gasteiger partial charge on any atom is 0.243 e. The molecule has 2 aromatic carbocycles. The molecule has 7 nitrogen and oxygen atoms in total. The van der Waals surface area contributed by atoms with Crippen molar-refractivity contribution in [3.63, 3.8) is 0 Å². The van der Waals surface area contributed by atoms with Crippen LogP contribution in [0.2, 0.25) is 0 Å². The summed E-state index contributed by atoms with van der Waals surface area (Å²) >= 11 is 0. The molecule has 0 bridgehead atoms. The van der Waals surface area contributed by atoms with Crippen molar-refractivity contribution in [3.8, 4) is 0 Å². The van der Waals surface area contributed by atoms with Crippen molar-refractivity contribution in [1.82, 2.24) is 10.7 Å². The van der Waals surface area contributed by atoms with Crippen LogP contribution in [0.5, 0.6) is 0 Å². The van der Waals surface area contributed by atoms with E-state index in [1.165, 1.54) is 5.56 Å². The number of nitrogens with one attached hydrogen (secondary N) is 3. The highest BCUT2D eigenvalue weighted by atomic mass is 16.2. The number of hydrazine groups is 1. The third kappa shape index (κ3) is 9.84. The molecule has 0 saturated carbocycles. The van der Waals surface area contributed by atoms with Gasteiger partial charge in [0.1, 0.15) is 6.04 Å². The van der Waals surface area contributed by atoms with E-state index in [1.807, 2.05) is 54.6 Å². The van der Waals surface area contributed by atoms with Crippen molar-refractivity contribution in [2.45, 2.75) is 39.2 Å². The van der Waals surface area contributed by atoms with Gasteiger partial charge in [-0.3, -0.25) is 15.4 Å². The normalized spacial score (nSPS) is 11.0. The molecule has 29 heavy (non-hydrogen) atoms. The molecule has 0 aromatic heterocycles. The average molecular weight is 400 g/mol. The van der Waals surface area contributed by atoms with Crippen molar-refractivity contribution >= 4 is 17.5 Å². The molecule has 1 unspecified atom stereocenters. The lowest BCUT2D eigenvalue weighted by Crippen LogP contribution is -2.50. The summed E-state index contributed by atoms with van der Waals surface area (Å²) in [6.07, 6.45) is 2.49. The first-order valence-electron chi connectivity index (χ1n) is 9.90. The van der Waals surface area contributed by atoms with Crippen molar-refractivity contribution in [3.05, 3.63) is 65.7 Å². The molecular weight excluding hydrogens is 366 g/mol. The zero-order valence-corrected chi connectivity index (χ0v) is 17.3. The smallest absolute Gasteiger partial charge is 0.243 e. The van der Waals surface area contributed by atoms with Crippen LogP contribution in [0.25, 0.3) is 0 Å². The van der Waals surface area contributed by atoms with Crippen LogP contribution in [0.15, 0.2) is 54.6 Å². The molecule has 0 saturated heterocycles. The van der Waals surface area contributed by atoms with Gasteiger partial charge in [-0.25, -0.2) is 5.43 Å². The van der Waals surface area contributed by atoms with Crippen LogP contribution in [0.4, 0.5) is 5.69 Å². The van der Waals surface area contributed by atoms with E-state index in [2.05, 4.69) is 29.9 Å². The minimum atomic E-state index is -0.598. The quantitative estimate of drug-likeness (QED) is 0.325. The first-order valence-corrected chi connectivity index (χ1v) is 9.90. The molecule has 0 radical (unpaired) electrons. The Bertz CT molecular complexity index is 718. The summed E-state index contributed by atoms with van der Waals surface area (Å²) in [7, 11) is 0. The summed E-state index contributed by atoms with van der Waals surface area (Å²) in [5.74, 6) is 4.87. The largest absolute Gasteiger partial charge is 0.346 e. The third-order valence-corrected chi connectivity index (χ3v) is 4.16. The molecule has 2 rings (SSSR count). The molecule has 158 valence electrons. The first-order chi connectivity index (χ1) is 14.0. The molecule has 0 fully saturated rings. The zero-order chi connectivity index (χ0) is 21.5. The number of aryl methyl sites for hydroxylation is 1. The van der Waals surface area contributed by atoms with E-state index >= 15 is 0 Å². The van der Waals surface area contributed by atoms with E-state index in [9.17, 15) is 9.59 Å². The SMILES string of the molecule is CCCN.CCc1ccc(NC(=O)CNC(=O)C(Cc2ccccc2)NN)cc1. The van der Waals surface area contributed by atoms with E-state index < -0.39 is 6.04 Å². The van der Waals surface area contributed by atoms with Crippen molar-refractivity contribution < 1.29 is 9.59 Å². The highest BCUT2D eigenvalue weighted by molar-refractivity contribution is 5.95. The van der Waals surface area contributed by atoms with Crippen LogP contribution in [-0.4, -0.2) is 30.9 Å². The molecule has 0 heterocycles. The number of hydrogen-bond acceptors (Lipinski definition) is 5.